The number of benzene rings is 2. The van der Waals surface area contributed by atoms with E-state index in [1.165, 1.54) is 16.7 Å². The van der Waals surface area contributed by atoms with Crippen LogP contribution in [-0.2, 0) is 14.3 Å². The van der Waals surface area contributed by atoms with Crippen molar-refractivity contribution in [3.63, 3.8) is 0 Å². The Bertz CT molecular complexity index is 981. The van der Waals surface area contributed by atoms with E-state index in [-0.39, 0.29) is 18.4 Å². The lowest BCUT2D eigenvalue weighted by Crippen LogP contribution is -2.56. The molecule has 2 aromatic rings. The van der Waals surface area contributed by atoms with Crippen LogP contribution < -0.4 is 5.32 Å². The maximum atomic E-state index is 13.0. The van der Waals surface area contributed by atoms with Crippen LogP contribution in [0.1, 0.15) is 30.4 Å². The third kappa shape index (κ3) is 4.32. The Balaban J connectivity index is 1.41. The first-order chi connectivity index (χ1) is 15.5. The number of nitrogens with zero attached hydrogens (tertiary/aromatic N) is 1. The van der Waals surface area contributed by atoms with Crippen LogP contribution in [0, 0.1) is 0 Å². The Morgan fingerprint density at radius 2 is 1.75 bits per heavy atom. The number of hydrogen-bond donors (Lipinski definition) is 2. The number of hydrogen-bond acceptors (Lipinski definition) is 5. The van der Waals surface area contributed by atoms with Crippen LogP contribution in [0.4, 0.5) is 4.79 Å². The van der Waals surface area contributed by atoms with Crippen molar-refractivity contribution < 1.29 is 24.2 Å². The molecule has 1 aliphatic carbocycles. The summed E-state index contributed by atoms with van der Waals surface area (Å²) in [4.78, 5) is 38.4. The van der Waals surface area contributed by atoms with Gasteiger partial charge in [-0.25, -0.2) is 9.59 Å². The van der Waals surface area contributed by atoms with Gasteiger partial charge in [0.05, 0.1) is 0 Å². The second-order valence-corrected chi connectivity index (χ2v) is 9.04. The number of rotatable bonds is 6. The van der Waals surface area contributed by atoms with Crippen LogP contribution in [0.25, 0.3) is 11.1 Å². The summed E-state index contributed by atoms with van der Waals surface area (Å²) in [6, 6.07) is 14.4. The smallest absolute Gasteiger partial charge is 0.407 e. The number of alkyl carbamates (subject to hydrolysis) is 1. The van der Waals surface area contributed by atoms with Crippen molar-refractivity contribution in [2.45, 2.75) is 31.3 Å². The van der Waals surface area contributed by atoms with Crippen molar-refractivity contribution in [2.24, 2.45) is 0 Å². The van der Waals surface area contributed by atoms with E-state index in [1.54, 1.807) is 6.92 Å². The van der Waals surface area contributed by atoms with Crippen molar-refractivity contribution in [2.75, 3.05) is 24.7 Å². The Morgan fingerprint density at radius 3 is 2.34 bits per heavy atom. The fraction of sp³-hybridized carbons (Fsp3) is 0.375. The number of aliphatic carboxylic acids is 1. The first-order valence-corrected chi connectivity index (χ1v) is 11.9. The fourth-order valence-electron chi connectivity index (χ4n) is 4.39. The molecule has 7 nitrogen and oxygen atoms in total. The minimum Gasteiger partial charge on any atom is -0.480 e. The van der Waals surface area contributed by atoms with Crippen molar-refractivity contribution in [3.8, 4) is 11.1 Å². The molecule has 2 N–H and O–H groups in total. The molecule has 2 aliphatic rings. The topological polar surface area (TPSA) is 95.9 Å². The molecule has 32 heavy (non-hydrogen) atoms. The normalized spacial score (nSPS) is 18.4. The number of thioether (sulfide) groups is 1. The van der Waals surface area contributed by atoms with E-state index in [1.807, 2.05) is 36.4 Å². The average Bonchev–Trinajstić information content (AvgIpc) is 3.14. The molecule has 1 aliphatic heterocycles. The van der Waals surface area contributed by atoms with Crippen molar-refractivity contribution in [3.05, 3.63) is 59.7 Å². The predicted octanol–water partition coefficient (Wildman–Crippen LogP) is 3.33. The maximum absolute atomic E-state index is 13.0. The number of carboxylic acids is 1. The van der Waals surface area contributed by atoms with Gasteiger partial charge in [0.2, 0.25) is 5.91 Å². The number of ether oxygens (including phenoxy) is 1. The first kappa shape index (κ1) is 22.2. The number of nitrogens with one attached hydrogen (secondary N) is 1. The van der Waals surface area contributed by atoms with E-state index < -0.39 is 24.1 Å². The van der Waals surface area contributed by atoms with Gasteiger partial charge in [-0.3, -0.25) is 4.79 Å². The van der Waals surface area contributed by atoms with E-state index in [0.717, 1.165) is 22.3 Å². The van der Waals surface area contributed by atoms with Crippen LogP contribution in [0.2, 0.25) is 0 Å². The predicted molar refractivity (Wildman–Crippen MR) is 123 cm³/mol. The van der Waals surface area contributed by atoms with Crippen LogP contribution >= 0.6 is 11.8 Å². The van der Waals surface area contributed by atoms with Crippen molar-refractivity contribution in [1.29, 1.82) is 0 Å². The Labute approximate surface area is 191 Å². The van der Waals surface area contributed by atoms with Gasteiger partial charge in [0, 0.05) is 24.0 Å². The number of carbonyl (C=O) groups excluding carboxylic acids is 2. The number of carboxylic acid groups (broad SMARTS) is 1. The monoisotopic (exact) mass is 454 g/mol. The molecule has 2 aromatic carbocycles. The summed E-state index contributed by atoms with van der Waals surface area (Å²) in [5, 5.41) is 12.1. The summed E-state index contributed by atoms with van der Waals surface area (Å²) < 4.78 is 5.54. The molecule has 0 aromatic heterocycles. The van der Waals surface area contributed by atoms with E-state index in [4.69, 9.17) is 4.74 Å². The lowest BCUT2D eigenvalue weighted by Gasteiger charge is -2.35. The molecular weight excluding hydrogens is 428 g/mol. The molecule has 1 fully saturated rings. The van der Waals surface area contributed by atoms with Crippen molar-refractivity contribution >= 4 is 29.7 Å². The number of amides is 2. The molecule has 2 atom stereocenters. The molecular formula is C24H26N2O5S. The molecule has 0 radical (unpaired) electrons. The molecule has 4 rings (SSSR count). The van der Waals surface area contributed by atoms with E-state index in [2.05, 4.69) is 17.4 Å². The lowest BCUT2D eigenvalue weighted by molar-refractivity contribution is -0.150. The summed E-state index contributed by atoms with van der Waals surface area (Å²) >= 11 is 1.51. The third-order valence-corrected chi connectivity index (χ3v) is 7.06. The van der Waals surface area contributed by atoms with Crippen LogP contribution in [0.5, 0.6) is 0 Å². The highest BCUT2D eigenvalue weighted by atomic mass is 32.2. The van der Waals surface area contributed by atoms with E-state index in [0.29, 0.717) is 24.5 Å². The maximum Gasteiger partial charge on any atom is 0.407 e. The quantitative estimate of drug-likeness (QED) is 0.695. The van der Waals surface area contributed by atoms with Gasteiger partial charge in [0.25, 0.3) is 0 Å². The molecule has 1 unspecified atom stereocenters. The second-order valence-electron chi connectivity index (χ2n) is 7.89. The highest BCUT2D eigenvalue weighted by molar-refractivity contribution is 7.99. The standard InChI is InChI=1S/C24H26N2O5S/c1-2-20(22(27)26-11-12-32-14-21(26)23(28)29)25-24(30)31-13-19-17-9-5-3-7-15(17)16-8-4-6-10-18(16)19/h3-10,19-21H,2,11-14H2,1H3,(H,25,30)(H,28,29)/t20-,21?/m0/s1. The minimum atomic E-state index is -1.03. The third-order valence-electron chi connectivity index (χ3n) is 6.04. The van der Waals surface area contributed by atoms with Crippen LogP contribution in [0.3, 0.4) is 0 Å². The zero-order valence-electron chi connectivity index (χ0n) is 17.8. The van der Waals surface area contributed by atoms with Crippen LogP contribution in [0.15, 0.2) is 48.5 Å². The van der Waals surface area contributed by atoms with Gasteiger partial charge in [0.15, 0.2) is 0 Å². The molecule has 2 amide bonds. The van der Waals surface area contributed by atoms with E-state index >= 15 is 0 Å². The Kier molecular flexibility index (Phi) is 6.69. The number of fused-ring (bicyclic) bond motifs is 3. The summed E-state index contributed by atoms with van der Waals surface area (Å²) in [5.74, 6) is -0.450. The minimum absolute atomic E-state index is 0.0700. The summed E-state index contributed by atoms with van der Waals surface area (Å²) in [5.41, 5.74) is 4.50. The van der Waals surface area contributed by atoms with Gasteiger partial charge >= 0.3 is 12.1 Å². The van der Waals surface area contributed by atoms with Gasteiger partial charge in [-0.2, -0.15) is 11.8 Å². The molecule has 1 saturated heterocycles. The highest BCUT2D eigenvalue weighted by Gasteiger charge is 2.36. The fourth-order valence-corrected chi connectivity index (χ4v) is 5.43. The summed E-state index contributed by atoms with van der Waals surface area (Å²) in [7, 11) is 0. The zero-order chi connectivity index (χ0) is 22.7. The molecule has 1 heterocycles. The number of carbonyl (C=O) groups is 3. The molecule has 0 bridgehead atoms. The Morgan fingerprint density at radius 1 is 1.12 bits per heavy atom. The lowest BCUT2D eigenvalue weighted by atomic mass is 9.98. The first-order valence-electron chi connectivity index (χ1n) is 10.7. The second kappa shape index (κ2) is 9.65. The largest absolute Gasteiger partial charge is 0.480 e. The van der Waals surface area contributed by atoms with Crippen LogP contribution in [-0.4, -0.2) is 64.7 Å². The molecule has 8 heteroatoms. The molecule has 168 valence electrons. The van der Waals surface area contributed by atoms with Gasteiger partial charge < -0.3 is 20.1 Å². The van der Waals surface area contributed by atoms with Crippen molar-refractivity contribution in [1.82, 2.24) is 10.2 Å². The van der Waals surface area contributed by atoms with Gasteiger partial charge in [-0.1, -0.05) is 55.5 Å². The SMILES string of the molecule is CC[C@H](NC(=O)OCC1c2ccccc2-c2ccccc21)C(=O)N1CCSCC1C(=O)O. The summed E-state index contributed by atoms with van der Waals surface area (Å²) in [6.45, 7) is 2.28. The van der Waals surface area contributed by atoms with Gasteiger partial charge in [-0.15, -0.1) is 0 Å². The zero-order valence-corrected chi connectivity index (χ0v) is 18.6. The van der Waals surface area contributed by atoms with Gasteiger partial charge in [-0.05, 0) is 28.7 Å². The highest BCUT2D eigenvalue weighted by Crippen LogP contribution is 2.44. The Hall–Kier alpha value is -3.00. The molecule has 0 spiro atoms. The summed E-state index contributed by atoms with van der Waals surface area (Å²) in [6.07, 6.45) is -0.329. The molecule has 0 saturated carbocycles. The van der Waals surface area contributed by atoms with Gasteiger partial charge in [0.1, 0.15) is 18.7 Å². The van der Waals surface area contributed by atoms with E-state index in [9.17, 15) is 19.5 Å². The average molecular weight is 455 g/mol.